The number of hydrogen-bond donors (Lipinski definition) is 2. The molecule has 0 bridgehead atoms. The molecular formula is C7H12N4O3. The Hall–Kier alpha value is -1.47. The van der Waals surface area contributed by atoms with Gasteiger partial charge in [-0.25, -0.2) is 4.68 Å². The summed E-state index contributed by atoms with van der Waals surface area (Å²) in [6, 6.07) is 0. The first-order valence-corrected chi connectivity index (χ1v) is 4.02. The number of nitrogens with two attached hydrogens (primary N) is 1. The van der Waals surface area contributed by atoms with Crippen molar-refractivity contribution < 1.29 is 14.6 Å². The first kappa shape index (κ1) is 10.6. The van der Waals surface area contributed by atoms with E-state index in [0.29, 0.717) is 5.69 Å². The number of primary amides is 1. The van der Waals surface area contributed by atoms with E-state index in [1.54, 1.807) is 0 Å². The highest BCUT2D eigenvalue weighted by atomic mass is 16.5. The lowest BCUT2D eigenvalue weighted by Gasteiger charge is -2.03. The highest BCUT2D eigenvalue weighted by molar-refractivity contribution is 5.91. The minimum absolute atomic E-state index is 0.0836. The number of aromatic nitrogens is 3. The topological polar surface area (TPSA) is 103 Å². The van der Waals surface area contributed by atoms with Gasteiger partial charge in [0, 0.05) is 7.11 Å². The molecule has 0 atom stereocenters. The van der Waals surface area contributed by atoms with Gasteiger partial charge in [-0.2, -0.15) is 0 Å². The monoisotopic (exact) mass is 200 g/mol. The fourth-order valence-corrected chi connectivity index (χ4v) is 1.08. The summed E-state index contributed by atoms with van der Waals surface area (Å²) in [5.74, 6) is -0.652. The van der Waals surface area contributed by atoms with Gasteiger partial charge in [-0.3, -0.25) is 4.79 Å². The molecule has 0 spiro atoms. The van der Waals surface area contributed by atoms with E-state index in [0.717, 1.165) is 0 Å². The zero-order valence-corrected chi connectivity index (χ0v) is 7.80. The number of rotatable bonds is 5. The summed E-state index contributed by atoms with van der Waals surface area (Å²) in [5, 5.41) is 16.0. The van der Waals surface area contributed by atoms with Crippen molar-refractivity contribution in [3.63, 3.8) is 0 Å². The first-order chi connectivity index (χ1) is 6.70. The molecule has 14 heavy (non-hydrogen) atoms. The molecule has 7 nitrogen and oxygen atoms in total. The van der Waals surface area contributed by atoms with Crippen molar-refractivity contribution >= 4 is 5.91 Å². The minimum atomic E-state index is -0.652. The van der Waals surface area contributed by atoms with Crippen LogP contribution in [-0.4, -0.2) is 39.7 Å². The van der Waals surface area contributed by atoms with Crippen LogP contribution in [0.3, 0.4) is 0 Å². The van der Waals surface area contributed by atoms with E-state index in [2.05, 4.69) is 10.3 Å². The standard InChI is InChI=1S/C7H12N4O3/c1-14-4-5-6(7(8)13)9-10-11(5)2-3-12/h12H,2-4H2,1H3,(H2,8,13). The molecule has 78 valence electrons. The predicted octanol–water partition coefficient (Wildman–Crippen LogP) is -1.48. The second-order valence-electron chi connectivity index (χ2n) is 2.63. The maximum absolute atomic E-state index is 10.9. The molecule has 7 heteroatoms. The molecule has 1 heterocycles. The van der Waals surface area contributed by atoms with Crippen LogP contribution in [0.4, 0.5) is 0 Å². The molecule has 0 radical (unpaired) electrons. The third-order valence-electron chi connectivity index (χ3n) is 1.66. The van der Waals surface area contributed by atoms with Crippen LogP contribution >= 0.6 is 0 Å². The predicted molar refractivity (Wildman–Crippen MR) is 46.3 cm³/mol. The zero-order valence-electron chi connectivity index (χ0n) is 7.80. The van der Waals surface area contributed by atoms with E-state index < -0.39 is 5.91 Å². The molecule has 1 rings (SSSR count). The van der Waals surface area contributed by atoms with Crippen LogP contribution in [0.5, 0.6) is 0 Å². The third kappa shape index (κ3) is 2.06. The Bertz CT molecular complexity index is 323. The lowest BCUT2D eigenvalue weighted by molar-refractivity contribution is 0.0989. The number of carbonyl (C=O) groups is 1. The highest BCUT2D eigenvalue weighted by Crippen LogP contribution is 2.05. The van der Waals surface area contributed by atoms with Gasteiger partial charge in [0.05, 0.1) is 25.5 Å². The van der Waals surface area contributed by atoms with Gasteiger partial charge in [0.1, 0.15) is 0 Å². The molecule has 1 aromatic heterocycles. The quantitative estimate of drug-likeness (QED) is 0.603. The lowest BCUT2D eigenvalue weighted by Crippen LogP contribution is -2.16. The molecule has 0 unspecified atom stereocenters. The van der Waals surface area contributed by atoms with E-state index in [-0.39, 0.29) is 25.5 Å². The van der Waals surface area contributed by atoms with Crippen molar-refractivity contribution in [3.05, 3.63) is 11.4 Å². The van der Waals surface area contributed by atoms with Gasteiger partial charge in [-0.1, -0.05) is 5.21 Å². The van der Waals surface area contributed by atoms with Crippen LogP contribution in [0.15, 0.2) is 0 Å². The average Bonchev–Trinajstić information content (AvgIpc) is 2.50. The third-order valence-corrected chi connectivity index (χ3v) is 1.66. The summed E-state index contributed by atoms with van der Waals surface area (Å²) in [4.78, 5) is 10.9. The first-order valence-electron chi connectivity index (χ1n) is 4.02. The van der Waals surface area contributed by atoms with Crippen LogP contribution < -0.4 is 5.73 Å². The second kappa shape index (κ2) is 4.68. The van der Waals surface area contributed by atoms with Crippen LogP contribution in [0.25, 0.3) is 0 Å². The molecule has 0 aliphatic rings. The highest BCUT2D eigenvalue weighted by Gasteiger charge is 2.16. The fourth-order valence-electron chi connectivity index (χ4n) is 1.08. The Labute approximate surface area is 80.5 Å². The second-order valence-corrected chi connectivity index (χ2v) is 2.63. The smallest absolute Gasteiger partial charge is 0.271 e. The number of aliphatic hydroxyl groups is 1. The molecule has 1 aromatic rings. The Morgan fingerprint density at radius 1 is 1.71 bits per heavy atom. The van der Waals surface area contributed by atoms with Gasteiger partial charge in [-0.15, -0.1) is 5.10 Å². The van der Waals surface area contributed by atoms with Crippen LogP contribution in [-0.2, 0) is 17.9 Å². The largest absolute Gasteiger partial charge is 0.394 e. The van der Waals surface area contributed by atoms with Crippen LogP contribution in [0, 0.1) is 0 Å². The SMILES string of the molecule is COCc1c(C(N)=O)nnn1CCO. The Kier molecular flexibility index (Phi) is 3.55. The van der Waals surface area contributed by atoms with Crippen molar-refractivity contribution in [1.82, 2.24) is 15.0 Å². The van der Waals surface area contributed by atoms with E-state index in [9.17, 15) is 4.79 Å². The molecule has 1 amide bonds. The van der Waals surface area contributed by atoms with Gasteiger partial charge in [0.25, 0.3) is 5.91 Å². The molecule has 0 saturated heterocycles. The Morgan fingerprint density at radius 3 is 2.93 bits per heavy atom. The molecule has 3 N–H and O–H groups in total. The number of aliphatic hydroxyl groups excluding tert-OH is 1. The normalized spacial score (nSPS) is 10.4. The maximum Gasteiger partial charge on any atom is 0.271 e. The number of amides is 1. The molecular weight excluding hydrogens is 188 g/mol. The van der Waals surface area contributed by atoms with Crippen molar-refractivity contribution in [2.45, 2.75) is 13.2 Å². The zero-order chi connectivity index (χ0) is 10.6. The lowest BCUT2D eigenvalue weighted by atomic mass is 10.3. The maximum atomic E-state index is 10.9. The fraction of sp³-hybridized carbons (Fsp3) is 0.571. The minimum Gasteiger partial charge on any atom is -0.394 e. The van der Waals surface area contributed by atoms with Gasteiger partial charge in [-0.05, 0) is 0 Å². The average molecular weight is 200 g/mol. The summed E-state index contributed by atoms with van der Waals surface area (Å²) in [5.41, 5.74) is 5.65. The van der Waals surface area contributed by atoms with Crippen molar-refractivity contribution in [2.75, 3.05) is 13.7 Å². The molecule has 0 saturated carbocycles. The number of carbonyl (C=O) groups excluding carboxylic acids is 1. The summed E-state index contributed by atoms with van der Waals surface area (Å²) in [6.07, 6.45) is 0. The van der Waals surface area contributed by atoms with E-state index in [1.807, 2.05) is 0 Å². The van der Waals surface area contributed by atoms with Crippen LogP contribution in [0.2, 0.25) is 0 Å². The molecule has 0 aliphatic carbocycles. The Morgan fingerprint density at radius 2 is 2.43 bits per heavy atom. The van der Waals surface area contributed by atoms with Gasteiger partial charge < -0.3 is 15.6 Å². The number of hydrogen-bond acceptors (Lipinski definition) is 5. The molecule has 0 fully saturated rings. The number of ether oxygens (including phenoxy) is 1. The Balaban J connectivity index is 3.00. The number of methoxy groups -OCH3 is 1. The van der Waals surface area contributed by atoms with Gasteiger partial charge >= 0.3 is 0 Å². The van der Waals surface area contributed by atoms with Crippen molar-refractivity contribution in [3.8, 4) is 0 Å². The molecule has 0 aromatic carbocycles. The summed E-state index contributed by atoms with van der Waals surface area (Å²) in [6.45, 7) is 0.364. The van der Waals surface area contributed by atoms with E-state index in [4.69, 9.17) is 15.6 Å². The summed E-state index contributed by atoms with van der Waals surface area (Å²) in [7, 11) is 1.49. The van der Waals surface area contributed by atoms with Gasteiger partial charge in [0.2, 0.25) is 0 Å². The van der Waals surface area contributed by atoms with E-state index >= 15 is 0 Å². The van der Waals surface area contributed by atoms with Crippen molar-refractivity contribution in [1.29, 1.82) is 0 Å². The number of nitrogens with zero attached hydrogens (tertiary/aromatic N) is 3. The van der Waals surface area contributed by atoms with Crippen molar-refractivity contribution in [2.24, 2.45) is 5.73 Å². The summed E-state index contributed by atoms with van der Waals surface area (Å²) >= 11 is 0. The summed E-state index contributed by atoms with van der Waals surface area (Å²) < 4.78 is 6.27. The van der Waals surface area contributed by atoms with Gasteiger partial charge in [0.15, 0.2) is 5.69 Å². The van der Waals surface area contributed by atoms with Crippen LogP contribution in [0.1, 0.15) is 16.2 Å². The molecule has 0 aliphatic heterocycles. The van der Waals surface area contributed by atoms with E-state index in [1.165, 1.54) is 11.8 Å².